The minimum absolute atomic E-state index is 0.209. The summed E-state index contributed by atoms with van der Waals surface area (Å²) in [5, 5.41) is 9.39. The monoisotopic (exact) mass is 250 g/mol. The number of hydrogen-bond donors (Lipinski definition) is 2. The molecule has 0 amide bonds. The first-order chi connectivity index (χ1) is 5.52. The first-order valence-corrected chi connectivity index (χ1v) is 4.49. The average molecular weight is 252 g/mol. The highest BCUT2D eigenvalue weighted by atomic mass is 79.9. The van der Waals surface area contributed by atoms with Gasteiger partial charge in [-0.25, -0.2) is 4.98 Å². The van der Waals surface area contributed by atoms with E-state index in [4.69, 9.17) is 17.3 Å². The second-order valence-corrected chi connectivity index (χ2v) is 3.62. The molecule has 0 radical (unpaired) electrons. The molecule has 3 nitrogen and oxygen atoms in total. The van der Waals surface area contributed by atoms with Crippen LogP contribution in [0.25, 0.3) is 0 Å². The summed E-state index contributed by atoms with van der Waals surface area (Å²) < 4.78 is 0.651. The Kier molecular flexibility index (Phi) is 2.93. The van der Waals surface area contributed by atoms with Crippen molar-refractivity contribution < 1.29 is 5.11 Å². The van der Waals surface area contributed by atoms with Crippen molar-refractivity contribution in [2.45, 2.75) is 13.0 Å². The third-order valence-electron chi connectivity index (χ3n) is 1.41. The van der Waals surface area contributed by atoms with Crippen molar-refractivity contribution in [2.75, 3.05) is 5.73 Å². The Morgan fingerprint density at radius 3 is 2.75 bits per heavy atom. The molecule has 0 aliphatic heterocycles. The van der Waals surface area contributed by atoms with E-state index in [-0.39, 0.29) is 5.15 Å². The second-order valence-electron chi connectivity index (χ2n) is 2.41. The number of hydrogen-bond acceptors (Lipinski definition) is 3. The zero-order valence-electron chi connectivity index (χ0n) is 6.38. The molecule has 0 aromatic carbocycles. The highest BCUT2D eigenvalue weighted by Crippen LogP contribution is 2.28. The third-order valence-corrected chi connectivity index (χ3v) is 2.35. The van der Waals surface area contributed by atoms with Gasteiger partial charge in [0.05, 0.1) is 17.5 Å². The van der Waals surface area contributed by atoms with Crippen LogP contribution in [0.15, 0.2) is 10.5 Å². The van der Waals surface area contributed by atoms with Gasteiger partial charge in [-0.2, -0.15) is 0 Å². The van der Waals surface area contributed by atoms with Gasteiger partial charge < -0.3 is 10.8 Å². The topological polar surface area (TPSA) is 59.1 Å². The zero-order valence-corrected chi connectivity index (χ0v) is 8.72. The van der Waals surface area contributed by atoms with Gasteiger partial charge in [0.25, 0.3) is 0 Å². The molecule has 0 fully saturated rings. The quantitative estimate of drug-likeness (QED) is 0.752. The Bertz CT molecular complexity index is 280. The number of nitrogen functional groups attached to an aromatic ring is 1. The molecule has 1 unspecified atom stereocenters. The Balaban J connectivity index is 3.21. The number of aliphatic hydroxyl groups excluding tert-OH is 1. The van der Waals surface area contributed by atoms with Crippen molar-refractivity contribution in [1.82, 2.24) is 4.98 Å². The molecule has 0 aliphatic carbocycles. The maximum absolute atomic E-state index is 9.18. The van der Waals surface area contributed by atoms with E-state index >= 15 is 0 Å². The maximum Gasteiger partial charge on any atom is 0.153 e. The molecular weight excluding hydrogens is 243 g/mol. The maximum atomic E-state index is 9.18. The third kappa shape index (κ3) is 1.88. The summed E-state index contributed by atoms with van der Waals surface area (Å²) in [6.45, 7) is 1.61. The van der Waals surface area contributed by atoms with Crippen LogP contribution in [0.2, 0.25) is 5.15 Å². The Labute approximate surface area is 83.7 Å². The molecular formula is C7H8BrClN2O. The summed E-state index contributed by atoms with van der Waals surface area (Å²) in [4.78, 5) is 3.89. The van der Waals surface area contributed by atoms with Gasteiger partial charge in [0.2, 0.25) is 0 Å². The van der Waals surface area contributed by atoms with Crippen molar-refractivity contribution >= 4 is 33.2 Å². The van der Waals surface area contributed by atoms with Crippen molar-refractivity contribution in [3.8, 4) is 0 Å². The minimum atomic E-state index is -0.639. The fourth-order valence-corrected chi connectivity index (χ4v) is 1.46. The van der Waals surface area contributed by atoms with Gasteiger partial charge in [-0.3, -0.25) is 0 Å². The summed E-state index contributed by atoms with van der Waals surface area (Å²) in [5.41, 5.74) is 6.42. The van der Waals surface area contributed by atoms with Gasteiger partial charge in [0, 0.05) is 4.47 Å². The summed E-state index contributed by atoms with van der Waals surface area (Å²) in [6.07, 6.45) is -0.639. The average Bonchev–Trinajstić information content (AvgIpc) is 1.99. The number of aliphatic hydroxyl groups is 1. The molecule has 0 saturated carbocycles. The molecule has 0 bridgehead atoms. The number of nitrogens with zero attached hydrogens (tertiary/aromatic N) is 1. The van der Waals surface area contributed by atoms with Crippen LogP contribution in [-0.4, -0.2) is 10.1 Å². The van der Waals surface area contributed by atoms with E-state index in [1.165, 1.54) is 0 Å². The van der Waals surface area contributed by atoms with Crippen LogP contribution in [0.5, 0.6) is 0 Å². The highest BCUT2D eigenvalue weighted by Gasteiger charge is 2.09. The van der Waals surface area contributed by atoms with Gasteiger partial charge in [0.15, 0.2) is 5.15 Å². The van der Waals surface area contributed by atoms with Crippen LogP contribution in [0.3, 0.4) is 0 Å². The molecule has 66 valence electrons. The lowest BCUT2D eigenvalue weighted by Crippen LogP contribution is -1.99. The Morgan fingerprint density at radius 1 is 1.75 bits per heavy atom. The van der Waals surface area contributed by atoms with Crippen molar-refractivity contribution in [3.63, 3.8) is 0 Å². The Hall–Kier alpha value is -0.320. The second kappa shape index (κ2) is 3.60. The fraction of sp³-hybridized carbons (Fsp3) is 0.286. The number of nitrogens with two attached hydrogens (primary N) is 1. The van der Waals surface area contributed by atoms with Gasteiger partial charge in [-0.15, -0.1) is 0 Å². The SMILES string of the molecule is CC(O)c1cc(Br)c(N)c(Cl)n1. The van der Waals surface area contributed by atoms with Gasteiger partial charge in [0.1, 0.15) is 0 Å². The lowest BCUT2D eigenvalue weighted by Gasteiger charge is -2.06. The lowest BCUT2D eigenvalue weighted by molar-refractivity contribution is 0.194. The van der Waals surface area contributed by atoms with E-state index in [1.54, 1.807) is 13.0 Å². The van der Waals surface area contributed by atoms with Crippen molar-refractivity contribution in [2.24, 2.45) is 0 Å². The number of rotatable bonds is 1. The van der Waals surface area contributed by atoms with E-state index in [0.717, 1.165) is 0 Å². The van der Waals surface area contributed by atoms with E-state index in [0.29, 0.717) is 15.9 Å². The smallest absolute Gasteiger partial charge is 0.153 e. The molecule has 0 spiro atoms. The first kappa shape index (κ1) is 9.77. The van der Waals surface area contributed by atoms with E-state index in [2.05, 4.69) is 20.9 Å². The van der Waals surface area contributed by atoms with Crippen molar-refractivity contribution in [3.05, 3.63) is 21.4 Å². The molecule has 12 heavy (non-hydrogen) atoms. The minimum Gasteiger partial charge on any atom is -0.395 e. The molecule has 3 N–H and O–H groups in total. The zero-order chi connectivity index (χ0) is 9.30. The molecule has 1 aromatic rings. The van der Waals surface area contributed by atoms with Crippen molar-refractivity contribution in [1.29, 1.82) is 0 Å². The number of halogens is 2. The van der Waals surface area contributed by atoms with E-state index in [1.807, 2.05) is 0 Å². The molecule has 0 saturated heterocycles. The summed E-state index contributed by atoms with van der Waals surface area (Å²) in [7, 11) is 0. The van der Waals surface area contributed by atoms with Crippen LogP contribution in [-0.2, 0) is 0 Å². The fourth-order valence-electron chi connectivity index (χ4n) is 0.726. The standard InChI is InChI=1S/C7H8BrClN2O/c1-3(12)5-2-4(8)6(10)7(9)11-5/h2-3,12H,10H2,1H3. The Morgan fingerprint density at radius 2 is 2.33 bits per heavy atom. The van der Waals surface area contributed by atoms with Crippen LogP contribution in [0, 0.1) is 0 Å². The summed E-state index contributed by atoms with van der Waals surface area (Å²) >= 11 is 8.89. The van der Waals surface area contributed by atoms with Crippen LogP contribution in [0.1, 0.15) is 18.7 Å². The number of anilines is 1. The molecule has 1 atom stereocenters. The first-order valence-electron chi connectivity index (χ1n) is 3.32. The molecule has 5 heteroatoms. The summed E-state index contributed by atoms with van der Waals surface area (Å²) in [6, 6.07) is 1.64. The van der Waals surface area contributed by atoms with Gasteiger partial charge >= 0.3 is 0 Å². The van der Waals surface area contributed by atoms with E-state index in [9.17, 15) is 5.11 Å². The predicted octanol–water partition coefficient (Wildman–Crippen LogP) is 2.13. The number of pyridine rings is 1. The number of aromatic nitrogens is 1. The van der Waals surface area contributed by atoms with Crippen LogP contribution < -0.4 is 5.73 Å². The highest BCUT2D eigenvalue weighted by molar-refractivity contribution is 9.10. The van der Waals surface area contributed by atoms with Crippen LogP contribution in [0.4, 0.5) is 5.69 Å². The molecule has 0 aliphatic rings. The molecule has 1 heterocycles. The largest absolute Gasteiger partial charge is 0.395 e. The van der Waals surface area contributed by atoms with E-state index < -0.39 is 6.10 Å². The van der Waals surface area contributed by atoms with Gasteiger partial charge in [-0.05, 0) is 28.9 Å². The van der Waals surface area contributed by atoms with Gasteiger partial charge in [-0.1, -0.05) is 11.6 Å². The molecule has 1 aromatic heterocycles. The predicted molar refractivity (Wildman–Crippen MR) is 52.0 cm³/mol. The van der Waals surface area contributed by atoms with Crippen LogP contribution >= 0.6 is 27.5 Å². The lowest BCUT2D eigenvalue weighted by atomic mass is 10.2. The molecule has 1 rings (SSSR count). The normalized spacial score (nSPS) is 13.0. The summed E-state index contributed by atoms with van der Waals surface area (Å²) in [5.74, 6) is 0.